The highest BCUT2D eigenvalue weighted by atomic mass is 32.2. The second-order valence-electron chi connectivity index (χ2n) is 6.59. The molecule has 5 nitrogen and oxygen atoms in total. The number of ether oxygens (including phenoxy) is 2. The lowest BCUT2D eigenvalue weighted by molar-refractivity contribution is 0.0917. The number of nitrogens with zero attached hydrogens (tertiary/aromatic N) is 2. The van der Waals surface area contributed by atoms with Crippen LogP contribution in [0.15, 0.2) is 47.4 Å². The zero-order valence-corrected chi connectivity index (χ0v) is 17.5. The monoisotopic (exact) mass is 414 g/mol. The van der Waals surface area contributed by atoms with Crippen LogP contribution >= 0.6 is 23.1 Å². The number of aromatic nitrogens is 1. The lowest BCUT2D eigenvalue weighted by Gasteiger charge is -2.23. The number of hydrogen-bond acceptors (Lipinski definition) is 6. The topological polar surface area (TPSA) is 51.7 Å². The van der Waals surface area contributed by atoms with Gasteiger partial charge in [-0.2, -0.15) is 0 Å². The summed E-state index contributed by atoms with van der Waals surface area (Å²) in [4.78, 5) is 21.0. The van der Waals surface area contributed by atoms with Crippen LogP contribution in [0.2, 0.25) is 0 Å². The molecule has 1 amide bonds. The molecule has 7 heteroatoms. The molecule has 4 rings (SSSR count). The molecule has 1 saturated heterocycles. The molecule has 0 radical (unpaired) electrons. The van der Waals surface area contributed by atoms with Crippen LogP contribution in [0, 0.1) is 0 Å². The van der Waals surface area contributed by atoms with E-state index >= 15 is 0 Å². The molecular weight excluding hydrogens is 392 g/mol. The molecule has 0 saturated carbocycles. The lowest BCUT2D eigenvalue weighted by Crippen LogP contribution is -2.37. The van der Waals surface area contributed by atoms with Crippen LogP contribution in [-0.2, 0) is 4.74 Å². The Morgan fingerprint density at radius 1 is 1.36 bits per heavy atom. The maximum absolute atomic E-state index is 13.4. The van der Waals surface area contributed by atoms with Crippen LogP contribution in [0.1, 0.15) is 23.2 Å². The first-order valence-electron chi connectivity index (χ1n) is 9.20. The van der Waals surface area contributed by atoms with Gasteiger partial charge in [-0.1, -0.05) is 23.5 Å². The molecule has 146 valence electrons. The molecule has 1 aromatic heterocycles. The Labute approximate surface area is 172 Å². The number of para-hydroxylation sites is 1. The van der Waals surface area contributed by atoms with Gasteiger partial charge in [-0.3, -0.25) is 9.69 Å². The van der Waals surface area contributed by atoms with Gasteiger partial charge in [-0.05, 0) is 49.4 Å². The number of anilines is 1. The van der Waals surface area contributed by atoms with Gasteiger partial charge in [0.2, 0.25) is 0 Å². The van der Waals surface area contributed by atoms with Crippen LogP contribution < -0.4 is 9.64 Å². The molecule has 0 aliphatic carbocycles. The molecule has 1 unspecified atom stereocenters. The summed E-state index contributed by atoms with van der Waals surface area (Å²) < 4.78 is 12.2. The normalized spacial score (nSPS) is 16.4. The van der Waals surface area contributed by atoms with Gasteiger partial charge in [0.1, 0.15) is 11.3 Å². The SMILES string of the molecule is COc1cccc2sc(N(CC3CCCO3)C(=O)c3cccc(SC)c3)nc12. The third-order valence-corrected chi connectivity index (χ3v) is 6.56. The highest BCUT2D eigenvalue weighted by Crippen LogP contribution is 2.35. The standard InChI is InChI=1S/C21H22N2O3S2/c1-25-17-9-4-10-18-19(17)22-21(28-18)23(13-15-7-5-11-26-15)20(24)14-6-3-8-16(12-14)27-2/h3-4,6,8-10,12,15H,5,7,11,13H2,1-2H3. The quantitative estimate of drug-likeness (QED) is 0.540. The number of thiazole rings is 1. The van der Waals surface area contributed by atoms with E-state index < -0.39 is 0 Å². The Hall–Kier alpha value is -2.09. The first kappa shape index (κ1) is 19.2. The van der Waals surface area contributed by atoms with Crippen molar-refractivity contribution in [3.8, 4) is 5.75 Å². The first-order chi connectivity index (χ1) is 13.7. The Bertz CT molecular complexity index is 983. The number of benzene rings is 2. The van der Waals surface area contributed by atoms with E-state index in [9.17, 15) is 4.79 Å². The summed E-state index contributed by atoms with van der Waals surface area (Å²) in [6, 6.07) is 13.6. The Morgan fingerprint density at radius 2 is 2.21 bits per heavy atom. The minimum atomic E-state index is -0.0515. The summed E-state index contributed by atoms with van der Waals surface area (Å²) in [5.74, 6) is 0.665. The summed E-state index contributed by atoms with van der Waals surface area (Å²) in [6.45, 7) is 1.26. The molecule has 28 heavy (non-hydrogen) atoms. The summed E-state index contributed by atoms with van der Waals surface area (Å²) in [5.41, 5.74) is 1.45. The fourth-order valence-electron chi connectivity index (χ4n) is 3.34. The van der Waals surface area contributed by atoms with Crippen LogP contribution in [0.4, 0.5) is 5.13 Å². The number of carbonyl (C=O) groups is 1. The molecule has 1 aliphatic heterocycles. The summed E-state index contributed by atoms with van der Waals surface area (Å²) in [6.07, 6.45) is 4.04. The number of amides is 1. The van der Waals surface area contributed by atoms with Gasteiger partial charge in [-0.15, -0.1) is 11.8 Å². The van der Waals surface area contributed by atoms with Gasteiger partial charge in [-0.25, -0.2) is 4.98 Å². The second kappa shape index (κ2) is 8.51. The van der Waals surface area contributed by atoms with Crippen molar-refractivity contribution in [1.29, 1.82) is 0 Å². The second-order valence-corrected chi connectivity index (χ2v) is 8.47. The van der Waals surface area contributed by atoms with Crippen molar-refractivity contribution in [2.24, 2.45) is 0 Å². The van der Waals surface area contributed by atoms with E-state index in [-0.39, 0.29) is 12.0 Å². The fraction of sp³-hybridized carbons (Fsp3) is 0.333. The van der Waals surface area contributed by atoms with Gasteiger partial charge >= 0.3 is 0 Å². The maximum Gasteiger partial charge on any atom is 0.260 e. The van der Waals surface area contributed by atoms with Crippen molar-refractivity contribution >= 4 is 44.4 Å². The molecule has 1 fully saturated rings. The van der Waals surface area contributed by atoms with Crippen molar-refractivity contribution in [2.75, 3.05) is 31.4 Å². The predicted molar refractivity (Wildman–Crippen MR) is 115 cm³/mol. The van der Waals surface area contributed by atoms with Gasteiger partial charge < -0.3 is 9.47 Å². The van der Waals surface area contributed by atoms with E-state index in [1.165, 1.54) is 11.3 Å². The van der Waals surface area contributed by atoms with E-state index in [0.717, 1.165) is 34.6 Å². The van der Waals surface area contributed by atoms with E-state index in [2.05, 4.69) is 0 Å². The number of methoxy groups -OCH3 is 1. The lowest BCUT2D eigenvalue weighted by atomic mass is 10.2. The molecule has 0 N–H and O–H groups in total. The number of fused-ring (bicyclic) bond motifs is 1. The molecule has 2 heterocycles. The summed E-state index contributed by atoms with van der Waals surface area (Å²) >= 11 is 3.13. The zero-order chi connectivity index (χ0) is 19.5. The highest BCUT2D eigenvalue weighted by Gasteiger charge is 2.27. The van der Waals surface area contributed by atoms with E-state index in [1.807, 2.05) is 48.7 Å². The summed E-state index contributed by atoms with van der Waals surface area (Å²) in [5, 5.41) is 0.676. The largest absolute Gasteiger partial charge is 0.494 e. The van der Waals surface area contributed by atoms with Crippen LogP contribution in [-0.4, -0.2) is 43.5 Å². The van der Waals surface area contributed by atoms with Crippen molar-refractivity contribution in [3.63, 3.8) is 0 Å². The molecule has 0 bridgehead atoms. The third kappa shape index (κ3) is 3.87. The highest BCUT2D eigenvalue weighted by molar-refractivity contribution is 7.98. The molecule has 2 aromatic carbocycles. The zero-order valence-electron chi connectivity index (χ0n) is 15.9. The van der Waals surface area contributed by atoms with Crippen LogP contribution in [0.5, 0.6) is 5.75 Å². The van der Waals surface area contributed by atoms with E-state index in [1.54, 1.807) is 23.8 Å². The number of thioether (sulfide) groups is 1. The smallest absolute Gasteiger partial charge is 0.260 e. The average Bonchev–Trinajstić information content (AvgIpc) is 3.40. The van der Waals surface area contributed by atoms with E-state index in [4.69, 9.17) is 14.5 Å². The molecule has 1 atom stereocenters. The molecule has 0 spiro atoms. The maximum atomic E-state index is 13.4. The van der Waals surface area contributed by atoms with E-state index in [0.29, 0.717) is 23.0 Å². The van der Waals surface area contributed by atoms with Crippen molar-refractivity contribution in [2.45, 2.75) is 23.8 Å². The number of rotatable bonds is 6. The molecule has 1 aliphatic rings. The molecule has 3 aromatic rings. The van der Waals surface area contributed by atoms with Crippen molar-refractivity contribution in [1.82, 2.24) is 4.98 Å². The van der Waals surface area contributed by atoms with Gasteiger partial charge in [0.15, 0.2) is 5.13 Å². The van der Waals surface area contributed by atoms with Gasteiger partial charge in [0, 0.05) is 17.1 Å². The first-order valence-corrected chi connectivity index (χ1v) is 11.2. The summed E-state index contributed by atoms with van der Waals surface area (Å²) in [7, 11) is 1.64. The van der Waals surface area contributed by atoms with Crippen molar-refractivity contribution < 1.29 is 14.3 Å². The average molecular weight is 415 g/mol. The van der Waals surface area contributed by atoms with Gasteiger partial charge in [0.05, 0.1) is 24.5 Å². The number of carbonyl (C=O) groups excluding carboxylic acids is 1. The fourth-order valence-corrected chi connectivity index (χ4v) is 4.79. The minimum absolute atomic E-state index is 0.0431. The Kier molecular flexibility index (Phi) is 5.85. The van der Waals surface area contributed by atoms with Gasteiger partial charge in [0.25, 0.3) is 5.91 Å². The molecular formula is C21H22N2O3S2. The third-order valence-electron chi connectivity index (χ3n) is 4.79. The van der Waals surface area contributed by atoms with Crippen molar-refractivity contribution in [3.05, 3.63) is 48.0 Å². The van der Waals surface area contributed by atoms with Crippen LogP contribution in [0.25, 0.3) is 10.2 Å². The predicted octanol–water partition coefficient (Wildman–Crippen LogP) is 4.85. The Balaban J connectivity index is 1.73. The Morgan fingerprint density at radius 3 is 2.96 bits per heavy atom. The van der Waals surface area contributed by atoms with Crippen LogP contribution in [0.3, 0.4) is 0 Å². The minimum Gasteiger partial charge on any atom is -0.494 e. The number of hydrogen-bond donors (Lipinski definition) is 0.